The van der Waals surface area contributed by atoms with Crippen LogP contribution >= 0.6 is 11.6 Å². The molecule has 1 heterocycles. The van der Waals surface area contributed by atoms with Crippen molar-refractivity contribution in [2.45, 2.75) is 46.3 Å². The van der Waals surface area contributed by atoms with Crippen molar-refractivity contribution in [1.82, 2.24) is 15.1 Å². The molecule has 18 heavy (non-hydrogen) atoms. The zero-order chi connectivity index (χ0) is 13.8. The lowest BCUT2D eigenvalue weighted by molar-refractivity contribution is 0.0387. The number of halogens is 1. The van der Waals surface area contributed by atoms with Gasteiger partial charge in [-0.05, 0) is 39.3 Å². The van der Waals surface area contributed by atoms with Crippen LogP contribution in [-0.2, 0) is 12.1 Å². The molecule has 0 aliphatic carbocycles. The number of aromatic nitrogens is 2. The maximum atomic E-state index is 10.5. The predicted molar refractivity (Wildman–Crippen MR) is 74.8 cm³/mol. The van der Waals surface area contributed by atoms with Gasteiger partial charge in [0.2, 0.25) is 0 Å². The van der Waals surface area contributed by atoms with E-state index in [0.29, 0.717) is 29.6 Å². The zero-order valence-corrected chi connectivity index (χ0v) is 12.5. The van der Waals surface area contributed by atoms with E-state index in [0.717, 1.165) is 13.1 Å². The third-order valence-electron chi connectivity index (χ3n) is 2.95. The third-order valence-corrected chi connectivity index (χ3v) is 3.22. The smallest absolute Gasteiger partial charge is 0.106 e. The summed E-state index contributed by atoms with van der Waals surface area (Å²) in [6, 6.07) is 0. The molecular formula is C13H24ClN3O. The number of hydrogen-bond acceptors (Lipinski definition) is 3. The Morgan fingerprint density at radius 1 is 1.56 bits per heavy atom. The topological polar surface area (TPSA) is 50.1 Å². The van der Waals surface area contributed by atoms with Crippen LogP contribution in [0, 0.1) is 5.92 Å². The normalized spacial score (nSPS) is 15.1. The average Bonchev–Trinajstić information content (AvgIpc) is 2.66. The van der Waals surface area contributed by atoms with E-state index < -0.39 is 5.60 Å². The molecule has 0 aromatic carbocycles. The largest absolute Gasteiger partial charge is 0.384 e. The van der Waals surface area contributed by atoms with Crippen molar-refractivity contribution in [1.29, 1.82) is 0 Å². The lowest BCUT2D eigenvalue weighted by Gasteiger charge is -2.25. The molecule has 104 valence electrons. The summed E-state index contributed by atoms with van der Waals surface area (Å²) in [5, 5.41) is 18.6. The van der Waals surface area contributed by atoms with Crippen LogP contribution in [0.15, 0.2) is 6.20 Å². The number of aliphatic hydroxyl groups is 1. The van der Waals surface area contributed by atoms with Crippen LogP contribution in [0.1, 0.15) is 39.8 Å². The fourth-order valence-corrected chi connectivity index (χ4v) is 2.32. The minimum absolute atomic E-state index is 0.533. The molecule has 0 fully saturated rings. The van der Waals surface area contributed by atoms with Gasteiger partial charge in [-0.3, -0.25) is 4.68 Å². The SMILES string of the molecule is CCn1ncc(Cl)c1C(C)(O)CCNCC(C)C. The van der Waals surface area contributed by atoms with Gasteiger partial charge in [-0.15, -0.1) is 0 Å². The highest BCUT2D eigenvalue weighted by Gasteiger charge is 2.29. The third kappa shape index (κ3) is 3.97. The van der Waals surface area contributed by atoms with Gasteiger partial charge in [0.1, 0.15) is 5.60 Å². The number of hydrogen-bond donors (Lipinski definition) is 2. The molecule has 0 amide bonds. The van der Waals surface area contributed by atoms with Crippen LogP contribution in [0.25, 0.3) is 0 Å². The van der Waals surface area contributed by atoms with Gasteiger partial charge in [0, 0.05) is 6.54 Å². The van der Waals surface area contributed by atoms with E-state index >= 15 is 0 Å². The molecule has 0 bridgehead atoms. The summed E-state index contributed by atoms with van der Waals surface area (Å²) in [4.78, 5) is 0. The molecule has 1 aromatic heterocycles. The standard InChI is InChI=1S/C13H24ClN3O/c1-5-17-12(11(14)9-16-17)13(4,18)6-7-15-8-10(2)3/h9-10,15,18H,5-8H2,1-4H3. The first kappa shape index (κ1) is 15.5. The van der Waals surface area contributed by atoms with Crippen molar-refractivity contribution in [2.24, 2.45) is 5.92 Å². The zero-order valence-electron chi connectivity index (χ0n) is 11.7. The summed E-state index contributed by atoms with van der Waals surface area (Å²) in [5.74, 6) is 0.611. The van der Waals surface area contributed by atoms with Gasteiger partial charge < -0.3 is 10.4 Å². The predicted octanol–water partition coefficient (Wildman–Crippen LogP) is 2.40. The summed E-state index contributed by atoms with van der Waals surface area (Å²) >= 11 is 6.11. The number of aryl methyl sites for hydroxylation is 1. The molecule has 0 aliphatic rings. The Kier molecular flexibility index (Phi) is 5.63. The molecule has 0 radical (unpaired) electrons. The lowest BCUT2D eigenvalue weighted by atomic mass is 9.97. The fraction of sp³-hybridized carbons (Fsp3) is 0.769. The van der Waals surface area contributed by atoms with Crippen molar-refractivity contribution in [3.63, 3.8) is 0 Å². The lowest BCUT2D eigenvalue weighted by Crippen LogP contribution is -2.31. The highest BCUT2D eigenvalue weighted by Crippen LogP contribution is 2.30. The van der Waals surface area contributed by atoms with Crippen LogP contribution in [-0.4, -0.2) is 28.0 Å². The molecule has 0 spiro atoms. The second kappa shape index (κ2) is 6.55. The Hall–Kier alpha value is -0.580. The van der Waals surface area contributed by atoms with E-state index in [4.69, 9.17) is 11.6 Å². The van der Waals surface area contributed by atoms with Gasteiger partial charge >= 0.3 is 0 Å². The minimum Gasteiger partial charge on any atom is -0.384 e. The average molecular weight is 274 g/mol. The van der Waals surface area contributed by atoms with Crippen LogP contribution < -0.4 is 5.32 Å². The van der Waals surface area contributed by atoms with Crippen molar-refractivity contribution >= 4 is 11.6 Å². The van der Waals surface area contributed by atoms with Gasteiger partial charge in [-0.2, -0.15) is 5.10 Å². The van der Waals surface area contributed by atoms with Crippen LogP contribution in [0.4, 0.5) is 0 Å². The monoisotopic (exact) mass is 273 g/mol. The quantitative estimate of drug-likeness (QED) is 0.750. The molecule has 1 atom stereocenters. The first-order valence-electron chi connectivity index (χ1n) is 6.53. The summed E-state index contributed by atoms with van der Waals surface area (Å²) in [7, 11) is 0. The summed E-state index contributed by atoms with van der Waals surface area (Å²) in [5.41, 5.74) is -0.244. The summed E-state index contributed by atoms with van der Waals surface area (Å²) < 4.78 is 1.75. The van der Waals surface area contributed by atoms with Gasteiger partial charge in [0.05, 0.1) is 16.9 Å². The minimum atomic E-state index is -0.951. The number of nitrogens with zero attached hydrogens (tertiary/aromatic N) is 2. The molecule has 1 rings (SSSR count). The van der Waals surface area contributed by atoms with Crippen LogP contribution in [0.3, 0.4) is 0 Å². The Labute approximate surface area is 114 Å². The fourth-order valence-electron chi connectivity index (χ4n) is 1.98. The van der Waals surface area contributed by atoms with Crippen molar-refractivity contribution in [2.75, 3.05) is 13.1 Å². The van der Waals surface area contributed by atoms with E-state index in [1.54, 1.807) is 17.8 Å². The second-order valence-corrected chi connectivity index (χ2v) is 5.69. The maximum Gasteiger partial charge on any atom is 0.106 e. The van der Waals surface area contributed by atoms with E-state index in [9.17, 15) is 5.11 Å². The highest BCUT2D eigenvalue weighted by molar-refractivity contribution is 6.31. The van der Waals surface area contributed by atoms with Crippen molar-refractivity contribution < 1.29 is 5.11 Å². The number of rotatable bonds is 7. The van der Waals surface area contributed by atoms with E-state index in [2.05, 4.69) is 24.3 Å². The van der Waals surface area contributed by atoms with Gasteiger partial charge in [-0.25, -0.2) is 0 Å². The highest BCUT2D eigenvalue weighted by atomic mass is 35.5. The van der Waals surface area contributed by atoms with E-state index in [1.807, 2.05) is 6.92 Å². The maximum absolute atomic E-state index is 10.5. The molecular weight excluding hydrogens is 250 g/mol. The molecule has 2 N–H and O–H groups in total. The van der Waals surface area contributed by atoms with Crippen molar-refractivity contribution in [3.8, 4) is 0 Å². The Balaban J connectivity index is 2.64. The molecule has 5 heteroatoms. The number of nitrogens with one attached hydrogen (secondary N) is 1. The van der Waals surface area contributed by atoms with Gasteiger partial charge in [0.15, 0.2) is 0 Å². The Bertz CT molecular complexity index is 374. The van der Waals surface area contributed by atoms with Gasteiger partial charge in [0.25, 0.3) is 0 Å². The molecule has 0 saturated heterocycles. The molecule has 0 aliphatic heterocycles. The van der Waals surface area contributed by atoms with Crippen LogP contribution in [0.5, 0.6) is 0 Å². The van der Waals surface area contributed by atoms with E-state index in [1.165, 1.54) is 0 Å². The first-order valence-corrected chi connectivity index (χ1v) is 6.91. The Morgan fingerprint density at radius 3 is 2.78 bits per heavy atom. The molecule has 1 unspecified atom stereocenters. The summed E-state index contributed by atoms with van der Waals surface area (Å²) in [6.45, 7) is 10.5. The molecule has 0 saturated carbocycles. The first-order chi connectivity index (χ1) is 8.38. The van der Waals surface area contributed by atoms with Crippen LogP contribution in [0.2, 0.25) is 5.02 Å². The van der Waals surface area contributed by atoms with Gasteiger partial charge in [-0.1, -0.05) is 25.4 Å². The second-order valence-electron chi connectivity index (χ2n) is 5.28. The van der Waals surface area contributed by atoms with Crippen molar-refractivity contribution in [3.05, 3.63) is 16.9 Å². The molecule has 4 nitrogen and oxygen atoms in total. The molecule has 1 aromatic rings. The summed E-state index contributed by atoms with van der Waals surface area (Å²) in [6.07, 6.45) is 2.21. The Morgan fingerprint density at radius 2 is 2.22 bits per heavy atom. The van der Waals surface area contributed by atoms with E-state index in [-0.39, 0.29) is 0 Å².